The molecule has 0 unspecified atom stereocenters. The lowest BCUT2D eigenvalue weighted by molar-refractivity contribution is 0.0543. The lowest BCUT2D eigenvalue weighted by atomic mass is 9.60. The first-order chi connectivity index (χ1) is 23.0. The van der Waals surface area contributed by atoms with Crippen molar-refractivity contribution in [3.8, 4) is 0 Å². The molecule has 4 heteroatoms. The Labute approximate surface area is 279 Å². The lowest BCUT2D eigenvalue weighted by Crippen LogP contribution is -2.39. The number of aromatic nitrogens is 1. The molecular formula is C44H41NO3. The summed E-state index contributed by atoms with van der Waals surface area (Å²) in [6.45, 7) is 11.4. The Bertz CT molecular complexity index is 2630. The minimum Gasteiger partial charge on any atom is -0.456 e. The fourth-order valence-electron chi connectivity index (χ4n) is 11.3. The molecular weight excluding hydrogens is 590 g/mol. The minimum atomic E-state index is -0.309. The normalized spacial score (nSPS) is 30.1. The molecule has 0 radical (unpaired) electrons. The van der Waals surface area contributed by atoms with E-state index in [1.807, 2.05) is 6.07 Å². The molecule has 0 saturated heterocycles. The number of carbonyl (C=O) groups is 2. The van der Waals surface area contributed by atoms with E-state index in [4.69, 9.17) is 4.42 Å². The highest BCUT2D eigenvalue weighted by Gasteiger charge is 2.53. The predicted molar refractivity (Wildman–Crippen MR) is 194 cm³/mol. The van der Waals surface area contributed by atoms with Crippen LogP contribution in [0.5, 0.6) is 0 Å². The molecule has 6 aliphatic rings. The van der Waals surface area contributed by atoms with Gasteiger partial charge in [0.05, 0.1) is 16.6 Å². The van der Waals surface area contributed by atoms with Gasteiger partial charge in [0.15, 0.2) is 11.6 Å². The Kier molecular flexibility index (Phi) is 4.81. The zero-order valence-electron chi connectivity index (χ0n) is 28.6. The van der Waals surface area contributed by atoms with E-state index >= 15 is 0 Å². The van der Waals surface area contributed by atoms with Crippen molar-refractivity contribution in [2.75, 3.05) is 0 Å². The summed E-state index contributed by atoms with van der Waals surface area (Å²) < 4.78 is 9.04. The van der Waals surface area contributed by atoms with E-state index < -0.39 is 0 Å². The van der Waals surface area contributed by atoms with Gasteiger partial charge in [-0.2, -0.15) is 0 Å². The van der Waals surface area contributed by atoms with Crippen molar-refractivity contribution in [2.24, 2.45) is 16.7 Å². The van der Waals surface area contributed by atoms with Crippen molar-refractivity contribution in [2.45, 2.75) is 96.8 Å². The van der Waals surface area contributed by atoms with Crippen LogP contribution in [-0.2, 0) is 10.8 Å². The van der Waals surface area contributed by atoms with E-state index in [0.717, 1.165) is 95.5 Å². The molecule has 13 rings (SSSR count). The van der Waals surface area contributed by atoms with Crippen LogP contribution in [0.2, 0.25) is 0 Å². The number of Topliss-reactive ketones (excluding diaryl/α,β-unsaturated/α-hetero) is 2. The van der Waals surface area contributed by atoms with Crippen LogP contribution in [0.4, 0.5) is 0 Å². The highest BCUT2D eigenvalue weighted by atomic mass is 16.3. The molecule has 0 aliphatic heterocycles. The number of rotatable bonds is 1. The van der Waals surface area contributed by atoms with E-state index in [9.17, 15) is 9.59 Å². The number of hydrogen-bond donors (Lipinski definition) is 0. The molecule has 2 saturated carbocycles. The first-order valence-corrected chi connectivity index (χ1v) is 18.2. The van der Waals surface area contributed by atoms with Gasteiger partial charge in [-0.05, 0) is 116 Å². The Balaban J connectivity index is 1.35. The van der Waals surface area contributed by atoms with E-state index in [2.05, 4.69) is 87.6 Å². The maximum Gasteiger partial charge on any atom is 0.169 e. The highest BCUT2D eigenvalue weighted by molar-refractivity contribution is 6.35. The largest absolute Gasteiger partial charge is 0.456 e. The van der Waals surface area contributed by atoms with Crippen LogP contribution in [0.1, 0.15) is 118 Å². The number of hydrogen-bond acceptors (Lipinski definition) is 3. The Morgan fingerprint density at radius 2 is 1.19 bits per heavy atom. The van der Waals surface area contributed by atoms with Crippen LogP contribution >= 0.6 is 0 Å². The standard InChI is InChI=1S/C44H41NO3/c1-23(2)44-16-14-42(4,15-17-44)30-18-25-26-22-35-36(24-8-6-7-9-34(24)48-35)37-29-19-31-27(39(46)43(5)12-10-41(31,3)11-13-43)20-33(29)45(38(26)37)32(25)21-28(30)40(44)47/h6-9,18-23H,10-17H2,1-5H3. The maximum absolute atomic E-state index is 14.8. The van der Waals surface area contributed by atoms with Gasteiger partial charge in [-0.15, -0.1) is 0 Å². The number of nitrogens with zero attached hydrogens (tertiary/aromatic N) is 1. The van der Waals surface area contributed by atoms with Crippen molar-refractivity contribution >= 4 is 71.6 Å². The molecule has 4 aromatic carbocycles. The van der Waals surface area contributed by atoms with Crippen molar-refractivity contribution in [1.29, 1.82) is 0 Å². The Hall–Kier alpha value is -4.18. The van der Waals surface area contributed by atoms with E-state index in [1.54, 1.807) is 0 Å². The van der Waals surface area contributed by atoms with E-state index in [1.165, 1.54) is 38.2 Å². The molecule has 4 nitrogen and oxygen atoms in total. The van der Waals surface area contributed by atoms with Crippen molar-refractivity contribution in [3.63, 3.8) is 0 Å². The number of para-hydroxylation sites is 1. The van der Waals surface area contributed by atoms with Gasteiger partial charge < -0.3 is 8.82 Å². The molecule has 0 spiro atoms. The molecule has 0 atom stereocenters. The summed E-state index contributed by atoms with van der Waals surface area (Å²) >= 11 is 0. The number of fused-ring (bicyclic) bond motifs is 14. The third kappa shape index (κ3) is 2.98. The van der Waals surface area contributed by atoms with Gasteiger partial charge in [-0.1, -0.05) is 52.8 Å². The maximum atomic E-state index is 14.8. The van der Waals surface area contributed by atoms with Crippen molar-refractivity contribution in [3.05, 3.63) is 76.9 Å². The first kappa shape index (κ1) is 27.7. The van der Waals surface area contributed by atoms with Gasteiger partial charge in [0, 0.05) is 54.3 Å². The average molecular weight is 632 g/mol. The summed E-state index contributed by atoms with van der Waals surface area (Å²) in [4.78, 5) is 29.2. The fraction of sp³-hybridized carbons (Fsp3) is 0.409. The summed E-state index contributed by atoms with van der Waals surface area (Å²) in [7, 11) is 0. The Morgan fingerprint density at radius 1 is 0.604 bits per heavy atom. The van der Waals surface area contributed by atoms with Crippen LogP contribution in [0, 0.1) is 16.7 Å². The molecule has 3 aromatic heterocycles. The van der Waals surface area contributed by atoms with Crippen molar-refractivity contribution in [1.82, 2.24) is 4.40 Å². The zero-order chi connectivity index (χ0) is 32.7. The highest BCUT2D eigenvalue weighted by Crippen LogP contribution is 2.58. The molecule has 240 valence electrons. The average Bonchev–Trinajstić information content (AvgIpc) is 3.66. The van der Waals surface area contributed by atoms with E-state index in [0.29, 0.717) is 17.5 Å². The minimum absolute atomic E-state index is 0.0231. The second-order valence-corrected chi connectivity index (χ2v) is 17.4. The number of carbonyl (C=O) groups excluding carboxylic acids is 2. The van der Waals surface area contributed by atoms with Crippen LogP contribution in [0.25, 0.3) is 60.0 Å². The molecule has 6 aliphatic carbocycles. The molecule has 0 N–H and O–H groups in total. The summed E-state index contributed by atoms with van der Waals surface area (Å²) in [5.41, 5.74) is 8.71. The van der Waals surface area contributed by atoms with Crippen LogP contribution < -0.4 is 0 Å². The molecule has 0 amide bonds. The van der Waals surface area contributed by atoms with Gasteiger partial charge >= 0.3 is 0 Å². The number of benzene rings is 4. The number of furan rings is 1. The number of ketones is 2. The molecule has 2 fully saturated rings. The van der Waals surface area contributed by atoms with Crippen LogP contribution in [-0.4, -0.2) is 16.0 Å². The third-order valence-electron chi connectivity index (χ3n) is 14.8. The van der Waals surface area contributed by atoms with Gasteiger partial charge in [0.2, 0.25) is 0 Å². The third-order valence-corrected chi connectivity index (χ3v) is 14.8. The molecule has 7 aromatic rings. The lowest BCUT2D eigenvalue weighted by Gasteiger charge is -2.42. The van der Waals surface area contributed by atoms with E-state index in [-0.39, 0.29) is 21.7 Å². The monoisotopic (exact) mass is 631 g/mol. The van der Waals surface area contributed by atoms with Gasteiger partial charge in [0.25, 0.3) is 0 Å². The fourth-order valence-corrected chi connectivity index (χ4v) is 11.3. The van der Waals surface area contributed by atoms with Gasteiger partial charge in [-0.25, -0.2) is 0 Å². The Morgan fingerprint density at radius 3 is 1.88 bits per heavy atom. The van der Waals surface area contributed by atoms with Crippen LogP contribution in [0.3, 0.4) is 0 Å². The zero-order valence-corrected chi connectivity index (χ0v) is 28.6. The molecule has 48 heavy (non-hydrogen) atoms. The SMILES string of the molecule is CC(C)C12CCC(C)(CC1)c1cc3c4cc5oc6ccccc6c5c5c6cc7c(cc6n(c3cc1C2=O)c45)C(=O)C1(C)CCC7(C)CC1. The predicted octanol–water partition coefficient (Wildman–Crippen LogP) is 11.4. The van der Waals surface area contributed by atoms with Gasteiger partial charge in [-0.3, -0.25) is 9.59 Å². The molecule has 4 bridgehead atoms. The van der Waals surface area contributed by atoms with Crippen LogP contribution in [0.15, 0.2) is 59.0 Å². The quantitative estimate of drug-likeness (QED) is 0.181. The molecule has 3 heterocycles. The smallest absolute Gasteiger partial charge is 0.169 e. The second-order valence-electron chi connectivity index (χ2n) is 17.4. The second kappa shape index (κ2) is 8.33. The van der Waals surface area contributed by atoms with Crippen molar-refractivity contribution < 1.29 is 14.0 Å². The summed E-state index contributed by atoms with van der Waals surface area (Å²) in [5, 5.41) is 7.00. The summed E-state index contributed by atoms with van der Waals surface area (Å²) in [5.74, 6) is 0.933. The summed E-state index contributed by atoms with van der Waals surface area (Å²) in [6, 6.07) is 19.9. The first-order valence-electron chi connectivity index (χ1n) is 18.2. The topological polar surface area (TPSA) is 51.7 Å². The summed E-state index contributed by atoms with van der Waals surface area (Å²) in [6.07, 6.45) is 7.95. The van der Waals surface area contributed by atoms with Gasteiger partial charge in [0.1, 0.15) is 11.2 Å².